The van der Waals surface area contributed by atoms with Crippen LogP contribution in [0.1, 0.15) is 22.1 Å². The smallest absolute Gasteiger partial charge is 0.338 e. The summed E-state index contributed by atoms with van der Waals surface area (Å²) in [5.74, 6) is -0.197. The van der Waals surface area contributed by atoms with E-state index in [1.165, 1.54) is 17.0 Å². The van der Waals surface area contributed by atoms with E-state index in [0.717, 1.165) is 11.1 Å². The Balaban J connectivity index is 1.44. The third kappa shape index (κ3) is 4.79. The molecule has 0 saturated carbocycles. The van der Waals surface area contributed by atoms with E-state index >= 15 is 0 Å². The van der Waals surface area contributed by atoms with E-state index in [4.69, 9.17) is 14.2 Å². The van der Waals surface area contributed by atoms with Gasteiger partial charge in [0.15, 0.2) is 6.10 Å². The Morgan fingerprint density at radius 1 is 1.12 bits per heavy atom. The second-order valence-corrected chi connectivity index (χ2v) is 7.41. The lowest BCUT2D eigenvalue weighted by Crippen LogP contribution is -2.37. The third-order valence-corrected chi connectivity index (χ3v) is 5.15. The van der Waals surface area contributed by atoms with E-state index in [1.54, 1.807) is 25.1 Å². The zero-order valence-corrected chi connectivity index (χ0v) is 17.9. The van der Waals surface area contributed by atoms with Crippen LogP contribution >= 0.6 is 0 Å². The van der Waals surface area contributed by atoms with Crippen molar-refractivity contribution >= 4 is 5.97 Å². The van der Waals surface area contributed by atoms with Crippen molar-refractivity contribution in [3.8, 4) is 11.1 Å². The second kappa shape index (κ2) is 9.44. The molecule has 0 aliphatic carbocycles. The minimum atomic E-state index is -0.884. The monoisotopic (exact) mass is 446 g/mol. The van der Waals surface area contributed by atoms with Crippen molar-refractivity contribution in [1.82, 2.24) is 9.55 Å². The molecule has 0 bridgehead atoms. The highest BCUT2D eigenvalue weighted by Crippen LogP contribution is 2.28. The number of carbonyl (C=O) groups is 1. The van der Waals surface area contributed by atoms with Gasteiger partial charge in [-0.3, -0.25) is 14.3 Å². The van der Waals surface area contributed by atoms with Gasteiger partial charge in [0.05, 0.1) is 11.8 Å². The molecular weight excluding hydrogens is 424 g/mol. The van der Waals surface area contributed by atoms with Crippen molar-refractivity contribution in [3.05, 3.63) is 117 Å². The van der Waals surface area contributed by atoms with Gasteiger partial charge in [0.25, 0.3) is 5.56 Å². The maximum absolute atomic E-state index is 12.5. The number of benzene rings is 2. The quantitative estimate of drug-likeness (QED) is 0.442. The van der Waals surface area contributed by atoms with Gasteiger partial charge in [0, 0.05) is 17.8 Å². The molecule has 8 heteroatoms. The summed E-state index contributed by atoms with van der Waals surface area (Å²) in [6, 6.07) is 16.9. The van der Waals surface area contributed by atoms with Crippen LogP contribution in [-0.4, -0.2) is 28.2 Å². The molecule has 3 aromatic rings. The van der Waals surface area contributed by atoms with Crippen LogP contribution in [0.25, 0.3) is 11.1 Å². The SMILES string of the molecule is C=COC1C=C(COC(=O)c2ccc(-c3ccccc3)cc2)OC1n1cc(C)c(=O)[nH]c1=O. The molecule has 2 atom stereocenters. The average molecular weight is 446 g/mol. The number of carbonyl (C=O) groups excluding carboxylic acids is 1. The van der Waals surface area contributed by atoms with E-state index in [-0.39, 0.29) is 6.61 Å². The van der Waals surface area contributed by atoms with E-state index in [2.05, 4.69) is 11.6 Å². The number of aromatic amines is 1. The number of esters is 1. The van der Waals surface area contributed by atoms with Crippen molar-refractivity contribution in [2.24, 2.45) is 0 Å². The molecule has 1 aliphatic rings. The van der Waals surface area contributed by atoms with Crippen molar-refractivity contribution < 1.29 is 19.0 Å². The molecule has 0 fully saturated rings. The molecule has 2 heterocycles. The highest BCUT2D eigenvalue weighted by molar-refractivity contribution is 5.90. The Morgan fingerprint density at radius 3 is 2.52 bits per heavy atom. The number of H-pyrrole nitrogens is 1. The van der Waals surface area contributed by atoms with Crippen LogP contribution < -0.4 is 11.2 Å². The number of rotatable bonds is 7. The number of hydrogen-bond donors (Lipinski definition) is 1. The molecule has 8 nitrogen and oxygen atoms in total. The van der Waals surface area contributed by atoms with Crippen LogP contribution in [-0.2, 0) is 14.2 Å². The largest absolute Gasteiger partial charge is 0.488 e. The predicted molar refractivity (Wildman–Crippen MR) is 121 cm³/mol. The van der Waals surface area contributed by atoms with Crippen molar-refractivity contribution in [2.45, 2.75) is 19.3 Å². The van der Waals surface area contributed by atoms with Gasteiger partial charge in [-0.15, -0.1) is 0 Å². The summed E-state index contributed by atoms with van der Waals surface area (Å²) < 4.78 is 17.8. The van der Waals surface area contributed by atoms with Crippen molar-refractivity contribution in [3.63, 3.8) is 0 Å². The first kappa shape index (κ1) is 21.9. The molecular formula is C25H22N2O6. The van der Waals surface area contributed by atoms with Crippen LogP contribution in [0.15, 0.2) is 95.1 Å². The number of nitrogens with zero attached hydrogens (tertiary/aromatic N) is 1. The predicted octanol–water partition coefficient (Wildman–Crippen LogP) is 3.31. The number of hydrogen-bond acceptors (Lipinski definition) is 6. The summed E-state index contributed by atoms with van der Waals surface area (Å²) in [6.45, 7) is 4.96. The molecule has 0 amide bonds. The zero-order chi connectivity index (χ0) is 23.4. The van der Waals surface area contributed by atoms with Gasteiger partial charge in [0.2, 0.25) is 6.23 Å². The van der Waals surface area contributed by atoms with Crippen LogP contribution in [0.4, 0.5) is 0 Å². The Bertz CT molecular complexity index is 1310. The molecule has 0 spiro atoms. The number of ether oxygens (including phenoxy) is 3. The van der Waals surface area contributed by atoms with Crippen molar-refractivity contribution in [2.75, 3.05) is 6.61 Å². The van der Waals surface area contributed by atoms with E-state index in [1.807, 2.05) is 42.5 Å². The molecule has 2 unspecified atom stereocenters. The highest BCUT2D eigenvalue weighted by Gasteiger charge is 2.33. The minimum Gasteiger partial charge on any atom is -0.488 e. The van der Waals surface area contributed by atoms with Gasteiger partial charge in [-0.25, -0.2) is 9.59 Å². The lowest BCUT2D eigenvalue weighted by atomic mass is 10.0. The fraction of sp³-hybridized carbons (Fsp3) is 0.160. The Kier molecular flexibility index (Phi) is 6.26. The lowest BCUT2D eigenvalue weighted by Gasteiger charge is -2.21. The van der Waals surface area contributed by atoms with Gasteiger partial charge in [-0.1, -0.05) is 49.0 Å². The summed E-state index contributed by atoms with van der Waals surface area (Å²) >= 11 is 0. The number of aryl methyl sites for hydroxylation is 1. The van der Waals surface area contributed by atoms with Gasteiger partial charge >= 0.3 is 11.7 Å². The van der Waals surface area contributed by atoms with Gasteiger partial charge in [0.1, 0.15) is 12.4 Å². The first-order valence-electron chi connectivity index (χ1n) is 10.2. The summed E-state index contributed by atoms with van der Waals surface area (Å²) in [5.41, 5.74) is 1.66. The summed E-state index contributed by atoms with van der Waals surface area (Å²) in [5, 5.41) is 0. The van der Waals surface area contributed by atoms with Crippen LogP contribution in [0.5, 0.6) is 0 Å². The summed E-state index contributed by atoms with van der Waals surface area (Å²) in [4.78, 5) is 38.6. The van der Waals surface area contributed by atoms with E-state index < -0.39 is 29.6 Å². The first-order valence-corrected chi connectivity index (χ1v) is 10.2. The van der Waals surface area contributed by atoms with Crippen molar-refractivity contribution in [1.29, 1.82) is 0 Å². The summed E-state index contributed by atoms with van der Waals surface area (Å²) in [7, 11) is 0. The lowest BCUT2D eigenvalue weighted by molar-refractivity contribution is -0.0194. The molecule has 0 radical (unpaired) electrons. The Hall–Kier alpha value is -4.33. The Morgan fingerprint density at radius 2 is 1.82 bits per heavy atom. The molecule has 2 aromatic carbocycles. The third-order valence-electron chi connectivity index (χ3n) is 5.15. The molecule has 33 heavy (non-hydrogen) atoms. The van der Waals surface area contributed by atoms with E-state index in [9.17, 15) is 14.4 Å². The van der Waals surface area contributed by atoms with Crippen LogP contribution in [0, 0.1) is 6.92 Å². The Labute approximate surface area is 189 Å². The van der Waals surface area contributed by atoms with Gasteiger partial charge in [-0.05, 0) is 30.2 Å². The summed E-state index contributed by atoms with van der Waals surface area (Å²) in [6.07, 6.45) is 2.65. The topological polar surface area (TPSA) is 99.6 Å². The molecule has 1 aromatic heterocycles. The second-order valence-electron chi connectivity index (χ2n) is 7.41. The van der Waals surface area contributed by atoms with Gasteiger partial charge in [-0.2, -0.15) is 0 Å². The molecule has 1 aliphatic heterocycles. The maximum atomic E-state index is 12.5. The number of aromatic nitrogens is 2. The first-order chi connectivity index (χ1) is 16.0. The minimum absolute atomic E-state index is 0.149. The maximum Gasteiger partial charge on any atom is 0.338 e. The van der Waals surface area contributed by atoms with E-state index in [0.29, 0.717) is 16.9 Å². The molecule has 168 valence electrons. The van der Waals surface area contributed by atoms with Crippen LogP contribution in [0.3, 0.4) is 0 Å². The zero-order valence-electron chi connectivity index (χ0n) is 17.9. The molecule has 4 rings (SSSR count). The average Bonchev–Trinajstić information content (AvgIpc) is 3.23. The molecule has 1 N–H and O–H groups in total. The van der Waals surface area contributed by atoms with Crippen LogP contribution in [0.2, 0.25) is 0 Å². The fourth-order valence-electron chi connectivity index (χ4n) is 3.47. The highest BCUT2D eigenvalue weighted by atomic mass is 16.6. The molecule has 0 saturated heterocycles. The standard InChI is InChI=1S/C25H22N2O6/c1-3-31-21-13-20(33-23(21)27-14-16(2)22(28)26-25(27)30)15-32-24(29)19-11-9-18(10-12-19)17-7-5-4-6-8-17/h3-14,21,23H,1,15H2,2H3,(H,26,28,30). The normalized spacial score (nSPS) is 17.1. The number of nitrogens with one attached hydrogen (secondary N) is 1. The van der Waals surface area contributed by atoms with Gasteiger partial charge < -0.3 is 14.2 Å². The fourth-order valence-corrected chi connectivity index (χ4v) is 3.47.